The minimum absolute atomic E-state index is 0.104. The number of hydrogen-bond acceptors (Lipinski definition) is 3. The van der Waals surface area contributed by atoms with Gasteiger partial charge in [0.25, 0.3) is 0 Å². The van der Waals surface area contributed by atoms with Crippen molar-refractivity contribution < 1.29 is 14.0 Å². The van der Waals surface area contributed by atoms with Crippen molar-refractivity contribution in [3.63, 3.8) is 0 Å². The fraction of sp³-hybridized carbons (Fsp3) is 0.300. The number of carbonyl (C=O) groups is 2. The molecular formula is C20H22FN3O2. The molecule has 0 saturated heterocycles. The van der Waals surface area contributed by atoms with Crippen LogP contribution in [0.3, 0.4) is 0 Å². The maximum atomic E-state index is 13.5. The summed E-state index contributed by atoms with van der Waals surface area (Å²) in [5.41, 5.74) is 1.97. The van der Waals surface area contributed by atoms with E-state index < -0.39 is 0 Å². The molecule has 0 fully saturated rings. The van der Waals surface area contributed by atoms with Crippen LogP contribution in [-0.2, 0) is 9.59 Å². The van der Waals surface area contributed by atoms with E-state index in [0.717, 1.165) is 0 Å². The fourth-order valence-corrected chi connectivity index (χ4v) is 3.27. The number of para-hydroxylation sites is 2. The van der Waals surface area contributed by atoms with Gasteiger partial charge in [-0.1, -0.05) is 18.2 Å². The van der Waals surface area contributed by atoms with Crippen LogP contribution in [0.1, 0.15) is 20.3 Å². The van der Waals surface area contributed by atoms with E-state index in [1.807, 2.05) is 36.9 Å². The lowest BCUT2D eigenvalue weighted by Crippen LogP contribution is -2.45. The van der Waals surface area contributed by atoms with Crippen LogP contribution >= 0.6 is 0 Å². The van der Waals surface area contributed by atoms with Crippen LogP contribution in [0.2, 0.25) is 0 Å². The fourth-order valence-electron chi connectivity index (χ4n) is 3.27. The van der Waals surface area contributed by atoms with E-state index in [9.17, 15) is 14.0 Å². The number of hydrogen-bond donors (Lipinski definition) is 1. The molecule has 0 radical (unpaired) electrons. The van der Waals surface area contributed by atoms with Crippen LogP contribution in [0.5, 0.6) is 0 Å². The molecule has 1 aliphatic heterocycles. The van der Waals surface area contributed by atoms with Gasteiger partial charge < -0.3 is 15.1 Å². The van der Waals surface area contributed by atoms with Crippen LogP contribution in [0, 0.1) is 5.82 Å². The highest BCUT2D eigenvalue weighted by Crippen LogP contribution is 2.31. The normalized spacial score (nSPS) is 16.5. The van der Waals surface area contributed by atoms with Crippen molar-refractivity contribution in [2.24, 2.45) is 0 Å². The van der Waals surface area contributed by atoms with Gasteiger partial charge in [-0.3, -0.25) is 9.59 Å². The summed E-state index contributed by atoms with van der Waals surface area (Å²) in [7, 11) is 0. The standard InChI is InChI=1S/C20H22FN3O2/c1-3-23(16-8-6-7-15(21)12-16)13-20(26)24-14(2)11-19(25)22-17-9-4-5-10-18(17)24/h4-10,12,14H,3,11,13H2,1-2H3,(H,22,25)/t14-/m1/s1. The molecule has 1 aliphatic rings. The van der Waals surface area contributed by atoms with E-state index >= 15 is 0 Å². The third-order valence-corrected chi connectivity index (χ3v) is 4.51. The van der Waals surface area contributed by atoms with Gasteiger partial charge in [0.2, 0.25) is 11.8 Å². The molecular weight excluding hydrogens is 333 g/mol. The van der Waals surface area contributed by atoms with Crippen molar-refractivity contribution in [3.8, 4) is 0 Å². The average molecular weight is 355 g/mol. The zero-order chi connectivity index (χ0) is 18.7. The number of nitrogens with zero attached hydrogens (tertiary/aromatic N) is 2. The first-order chi connectivity index (χ1) is 12.5. The number of fused-ring (bicyclic) bond motifs is 1. The Morgan fingerprint density at radius 2 is 2.04 bits per heavy atom. The highest BCUT2D eigenvalue weighted by Gasteiger charge is 2.30. The molecule has 136 valence electrons. The molecule has 0 aromatic heterocycles. The van der Waals surface area contributed by atoms with Crippen LogP contribution in [0.15, 0.2) is 48.5 Å². The smallest absolute Gasteiger partial charge is 0.246 e. The summed E-state index contributed by atoms with van der Waals surface area (Å²) in [4.78, 5) is 28.7. The van der Waals surface area contributed by atoms with Crippen LogP contribution in [-0.4, -0.2) is 30.9 Å². The van der Waals surface area contributed by atoms with Gasteiger partial charge in [-0.15, -0.1) is 0 Å². The Hall–Kier alpha value is -2.89. The molecule has 1 heterocycles. The van der Waals surface area contributed by atoms with Gasteiger partial charge in [0.05, 0.1) is 17.9 Å². The van der Waals surface area contributed by atoms with Crippen LogP contribution < -0.4 is 15.1 Å². The molecule has 2 aromatic rings. The van der Waals surface area contributed by atoms with Gasteiger partial charge in [-0.25, -0.2) is 4.39 Å². The first-order valence-corrected chi connectivity index (χ1v) is 8.71. The Labute approximate surface area is 152 Å². The molecule has 2 amide bonds. The molecule has 1 N–H and O–H groups in total. The summed E-state index contributed by atoms with van der Waals surface area (Å²) < 4.78 is 13.5. The van der Waals surface area contributed by atoms with Crippen LogP contribution in [0.4, 0.5) is 21.5 Å². The number of benzene rings is 2. The molecule has 3 rings (SSSR count). The molecule has 26 heavy (non-hydrogen) atoms. The van der Waals surface area contributed by atoms with Crippen LogP contribution in [0.25, 0.3) is 0 Å². The van der Waals surface area contributed by atoms with Crippen molar-refractivity contribution >= 4 is 28.9 Å². The quantitative estimate of drug-likeness (QED) is 0.914. The van der Waals surface area contributed by atoms with Crippen molar-refractivity contribution in [3.05, 3.63) is 54.3 Å². The van der Waals surface area contributed by atoms with Crippen molar-refractivity contribution in [2.75, 3.05) is 28.2 Å². The summed E-state index contributed by atoms with van der Waals surface area (Å²) in [6, 6.07) is 13.2. The summed E-state index contributed by atoms with van der Waals surface area (Å²) in [6.45, 7) is 4.45. The highest BCUT2D eigenvalue weighted by molar-refractivity contribution is 6.05. The topological polar surface area (TPSA) is 52.7 Å². The molecule has 5 nitrogen and oxygen atoms in total. The van der Waals surface area contributed by atoms with Gasteiger partial charge >= 0.3 is 0 Å². The van der Waals surface area contributed by atoms with E-state index in [2.05, 4.69) is 5.32 Å². The number of carbonyl (C=O) groups excluding carboxylic acids is 2. The number of nitrogens with one attached hydrogen (secondary N) is 1. The van der Waals surface area contributed by atoms with Gasteiger partial charge in [-0.2, -0.15) is 0 Å². The molecule has 0 aliphatic carbocycles. The van der Waals surface area contributed by atoms with Gasteiger partial charge in [-0.05, 0) is 44.2 Å². The molecule has 0 spiro atoms. The predicted octanol–water partition coefficient (Wildman–Crippen LogP) is 3.42. The Morgan fingerprint density at radius 3 is 2.77 bits per heavy atom. The Kier molecular flexibility index (Phi) is 5.21. The van der Waals surface area contributed by atoms with Gasteiger partial charge in [0.15, 0.2) is 0 Å². The zero-order valence-electron chi connectivity index (χ0n) is 14.9. The van der Waals surface area contributed by atoms with Crippen molar-refractivity contribution in [2.45, 2.75) is 26.3 Å². The first kappa shape index (κ1) is 17.9. The van der Waals surface area contributed by atoms with Crippen molar-refractivity contribution in [1.82, 2.24) is 0 Å². The van der Waals surface area contributed by atoms with Gasteiger partial charge in [0, 0.05) is 24.7 Å². The minimum Gasteiger partial charge on any atom is -0.362 e. The third kappa shape index (κ3) is 3.69. The summed E-state index contributed by atoms with van der Waals surface area (Å²) in [6.07, 6.45) is 0.229. The van der Waals surface area contributed by atoms with E-state index in [-0.39, 0.29) is 36.6 Å². The molecule has 0 bridgehead atoms. The Morgan fingerprint density at radius 1 is 1.27 bits per heavy atom. The lowest BCUT2D eigenvalue weighted by molar-refractivity contribution is -0.118. The third-order valence-electron chi connectivity index (χ3n) is 4.51. The van der Waals surface area contributed by atoms with E-state index in [4.69, 9.17) is 0 Å². The number of likely N-dealkylation sites (N-methyl/N-ethyl adjacent to an activating group) is 1. The van der Waals surface area contributed by atoms with E-state index in [0.29, 0.717) is 23.6 Å². The molecule has 2 aromatic carbocycles. The SMILES string of the molecule is CCN(CC(=O)N1c2ccccc2NC(=O)C[C@H]1C)c1cccc(F)c1. The second-order valence-corrected chi connectivity index (χ2v) is 6.38. The highest BCUT2D eigenvalue weighted by atomic mass is 19.1. The summed E-state index contributed by atoms with van der Waals surface area (Å²) in [5, 5.41) is 2.85. The lowest BCUT2D eigenvalue weighted by Gasteiger charge is -2.31. The van der Waals surface area contributed by atoms with E-state index in [1.54, 1.807) is 23.1 Å². The maximum absolute atomic E-state index is 13.5. The number of amides is 2. The number of anilines is 3. The second-order valence-electron chi connectivity index (χ2n) is 6.38. The molecule has 0 unspecified atom stereocenters. The van der Waals surface area contributed by atoms with E-state index in [1.165, 1.54) is 12.1 Å². The second kappa shape index (κ2) is 7.56. The number of rotatable bonds is 4. The Balaban J connectivity index is 1.89. The maximum Gasteiger partial charge on any atom is 0.246 e. The van der Waals surface area contributed by atoms with Gasteiger partial charge in [0.1, 0.15) is 5.82 Å². The minimum atomic E-state index is -0.336. The lowest BCUT2D eigenvalue weighted by atomic mass is 10.1. The largest absolute Gasteiger partial charge is 0.362 e. The Bertz CT molecular complexity index is 824. The summed E-state index contributed by atoms with van der Waals surface area (Å²) in [5.74, 6) is -0.582. The van der Waals surface area contributed by atoms with Crippen molar-refractivity contribution in [1.29, 1.82) is 0 Å². The molecule has 6 heteroatoms. The number of halogens is 1. The zero-order valence-corrected chi connectivity index (χ0v) is 14.9. The molecule has 0 saturated carbocycles. The summed E-state index contributed by atoms with van der Waals surface area (Å²) >= 11 is 0. The average Bonchev–Trinajstić information content (AvgIpc) is 2.73. The molecule has 1 atom stereocenters. The first-order valence-electron chi connectivity index (χ1n) is 8.71. The monoisotopic (exact) mass is 355 g/mol. The predicted molar refractivity (Wildman–Crippen MR) is 101 cm³/mol.